The van der Waals surface area contributed by atoms with E-state index in [1.807, 2.05) is 13.0 Å². The van der Waals surface area contributed by atoms with Crippen LogP contribution in [0.5, 0.6) is 23.1 Å². The van der Waals surface area contributed by atoms with E-state index in [2.05, 4.69) is 4.98 Å². The standard InChI is InChI=1S/C15H17NO4/c1-10-11(9-17)7-8-14(16-10)20-15-12(18-2)5-4-6-13(15)19-3/h4-8,17H,9H2,1-3H3. The van der Waals surface area contributed by atoms with Crippen LogP contribution in [0.25, 0.3) is 0 Å². The summed E-state index contributed by atoms with van der Waals surface area (Å²) in [6.45, 7) is 1.77. The zero-order valence-electron chi connectivity index (χ0n) is 11.7. The van der Waals surface area contributed by atoms with E-state index in [9.17, 15) is 0 Å². The zero-order valence-corrected chi connectivity index (χ0v) is 11.7. The Hall–Kier alpha value is -2.27. The number of hydrogen-bond acceptors (Lipinski definition) is 5. The van der Waals surface area contributed by atoms with E-state index in [1.54, 1.807) is 38.5 Å². The summed E-state index contributed by atoms with van der Waals surface area (Å²) in [6, 6.07) is 8.86. The number of aliphatic hydroxyl groups excluding tert-OH is 1. The quantitative estimate of drug-likeness (QED) is 0.909. The SMILES string of the molecule is COc1cccc(OC)c1Oc1ccc(CO)c(C)n1. The topological polar surface area (TPSA) is 60.8 Å². The van der Waals surface area contributed by atoms with Gasteiger partial charge in [-0.3, -0.25) is 0 Å². The molecule has 0 saturated heterocycles. The van der Waals surface area contributed by atoms with E-state index in [0.717, 1.165) is 11.3 Å². The number of para-hydroxylation sites is 1. The molecule has 106 valence electrons. The summed E-state index contributed by atoms with van der Waals surface area (Å²) >= 11 is 0. The molecule has 20 heavy (non-hydrogen) atoms. The third-order valence-corrected chi connectivity index (χ3v) is 2.93. The molecule has 0 unspecified atom stereocenters. The minimum atomic E-state index is -0.0446. The summed E-state index contributed by atoms with van der Waals surface area (Å²) in [6.07, 6.45) is 0. The summed E-state index contributed by atoms with van der Waals surface area (Å²) in [5.41, 5.74) is 1.49. The van der Waals surface area contributed by atoms with Gasteiger partial charge >= 0.3 is 0 Å². The number of hydrogen-bond donors (Lipinski definition) is 1. The zero-order chi connectivity index (χ0) is 14.5. The van der Waals surface area contributed by atoms with Crippen molar-refractivity contribution in [3.63, 3.8) is 0 Å². The predicted octanol–water partition coefficient (Wildman–Crippen LogP) is 2.69. The lowest BCUT2D eigenvalue weighted by Crippen LogP contribution is -1.98. The number of methoxy groups -OCH3 is 2. The first-order valence-electron chi connectivity index (χ1n) is 6.15. The number of rotatable bonds is 5. The molecule has 5 nitrogen and oxygen atoms in total. The molecule has 0 aliphatic carbocycles. The van der Waals surface area contributed by atoms with Crippen molar-refractivity contribution in [2.45, 2.75) is 13.5 Å². The normalized spacial score (nSPS) is 10.2. The van der Waals surface area contributed by atoms with Gasteiger partial charge in [0.2, 0.25) is 11.6 Å². The van der Waals surface area contributed by atoms with E-state index in [1.165, 1.54) is 0 Å². The summed E-state index contributed by atoms with van der Waals surface area (Å²) in [4.78, 5) is 4.30. The highest BCUT2D eigenvalue weighted by molar-refractivity contribution is 5.52. The molecule has 0 bridgehead atoms. The van der Waals surface area contributed by atoms with Crippen LogP contribution >= 0.6 is 0 Å². The molecule has 0 atom stereocenters. The Labute approximate surface area is 117 Å². The lowest BCUT2D eigenvalue weighted by molar-refractivity contribution is 0.280. The second kappa shape index (κ2) is 6.25. The molecule has 0 saturated carbocycles. The molecule has 0 aliphatic heterocycles. The summed E-state index contributed by atoms with van der Waals surface area (Å²) in [5, 5.41) is 9.14. The third-order valence-electron chi connectivity index (χ3n) is 2.93. The number of benzene rings is 1. The van der Waals surface area contributed by atoms with Gasteiger partial charge in [0.15, 0.2) is 11.5 Å². The van der Waals surface area contributed by atoms with Crippen molar-refractivity contribution in [1.82, 2.24) is 4.98 Å². The maximum Gasteiger partial charge on any atom is 0.219 e. The van der Waals surface area contributed by atoms with Gasteiger partial charge in [0.1, 0.15) is 0 Å². The second-order valence-electron chi connectivity index (χ2n) is 4.15. The van der Waals surface area contributed by atoms with Crippen molar-refractivity contribution in [1.29, 1.82) is 0 Å². The van der Waals surface area contributed by atoms with E-state index >= 15 is 0 Å². The van der Waals surface area contributed by atoms with Crippen LogP contribution in [0.15, 0.2) is 30.3 Å². The fraction of sp³-hybridized carbons (Fsp3) is 0.267. The van der Waals surface area contributed by atoms with Crippen molar-refractivity contribution >= 4 is 0 Å². The fourth-order valence-corrected chi connectivity index (χ4v) is 1.81. The van der Waals surface area contributed by atoms with E-state index in [4.69, 9.17) is 19.3 Å². The van der Waals surface area contributed by atoms with Crippen molar-refractivity contribution in [3.8, 4) is 23.1 Å². The largest absolute Gasteiger partial charge is 0.493 e. The summed E-state index contributed by atoms with van der Waals surface area (Å²) in [5.74, 6) is 2.02. The number of aliphatic hydroxyl groups is 1. The molecule has 2 aromatic rings. The summed E-state index contributed by atoms with van der Waals surface area (Å²) in [7, 11) is 3.13. The fourth-order valence-electron chi connectivity index (χ4n) is 1.81. The Bertz CT molecular complexity index is 576. The van der Waals surface area contributed by atoms with Crippen LogP contribution in [-0.2, 0) is 6.61 Å². The monoisotopic (exact) mass is 275 g/mol. The van der Waals surface area contributed by atoms with Crippen LogP contribution in [-0.4, -0.2) is 24.3 Å². The van der Waals surface area contributed by atoms with Crippen LogP contribution in [0.4, 0.5) is 0 Å². The smallest absolute Gasteiger partial charge is 0.219 e. The van der Waals surface area contributed by atoms with E-state index in [-0.39, 0.29) is 6.61 Å². The van der Waals surface area contributed by atoms with Crippen LogP contribution in [0.3, 0.4) is 0 Å². The highest BCUT2D eigenvalue weighted by Crippen LogP contribution is 2.39. The second-order valence-corrected chi connectivity index (χ2v) is 4.15. The van der Waals surface area contributed by atoms with Gasteiger partial charge in [-0.05, 0) is 30.7 Å². The number of nitrogens with zero attached hydrogens (tertiary/aromatic N) is 1. The molecule has 1 aromatic carbocycles. The van der Waals surface area contributed by atoms with Crippen LogP contribution in [0.2, 0.25) is 0 Å². The molecular formula is C15H17NO4. The number of aromatic nitrogens is 1. The predicted molar refractivity (Wildman–Crippen MR) is 74.5 cm³/mol. The van der Waals surface area contributed by atoms with Gasteiger partial charge < -0.3 is 19.3 Å². The van der Waals surface area contributed by atoms with Crippen LogP contribution in [0.1, 0.15) is 11.3 Å². The molecule has 1 heterocycles. The van der Waals surface area contributed by atoms with Gasteiger partial charge in [-0.1, -0.05) is 6.07 Å². The van der Waals surface area contributed by atoms with Crippen LogP contribution < -0.4 is 14.2 Å². The third kappa shape index (κ3) is 2.83. The van der Waals surface area contributed by atoms with Crippen molar-refractivity contribution in [2.75, 3.05) is 14.2 Å². The maximum atomic E-state index is 9.14. The number of aryl methyl sites for hydroxylation is 1. The van der Waals surface area contributed by atoms with Crippen molar-refractivity contribution in [2.24, 2.45) is 0 Å². The molecule has 1 N–H and O–H groups in total. The number of ether oxygens (including phenoxy) is 3. The molecule has 0 radical (unpaired) electrons. The Balaban J connectivity index is 2.36. The number of pyridine rings is 1. The molecule has 0 aliphatic rings. The molecular weight excluding hydrogens is 258 g/mol. The van der Waals surface area contributed by atoms with Gasteiger partial charge in [-0.25, -0.2) is 4.98 Å². The van der Waals surface area contributed by atoms with E-state index in [0.29, 0.717) is 23.1 Å². The Morgan fingerprint density at radius 3 is 2.20 bits per heavy atom. The van der Waals surface area contributed by atoms with Crippen LogP contribution in [0, 0.1) is 6.92 Å². The van der Waals surface area contributed by atoms with Gasteiger partial charge in [0, 0.05) is 11.8 Å². The first kappa shape index (κ1) is 14.1. The molecule has 2 rings (SSSR count). The Morgan fingerprint density at radius 2 is 1.70 bits per heavy atom. The molecule has 5 heteroatoms. The first-order chi connectivity index (χ1) is 9.69. The average Bonchev–Trinajstić information content (AvgIpc) is 2.47. The molecule has 0 amide bonds. The minimum Gasteiger partial charge on any atom is -0.493 e. The lowest BCUT2D eigenvalue weighted by Gasteiger charge is -2.13. The van der Waals surface area contributed by atoms with Crippen molar-refractivity contribution < 1.29 is 19.3 Å². The minimum absolute atomic E-state index is 0.0446. The van der Waals surface area contributed by atoms with Gasteiger partial charge in [-0.2, -0.15) is 0 Å². The van der Waals surface area contributed by atoms with E-state index < -0.39 is 0 Å². The highest BCUT2D eigenvalue weighted by atomic mass is 16.5. The Kier molecular flexibility index (Phi) is 4.42. The summed E-state index contributed by atoms with van der Waals surface area (Å²) < 4.78 is 16.3. The first-order valence-corrected chi connectivity index (χ1v) is 6.15. The molecule has 0 spiro atoms. The van der Waals surface area contributed by atoms with Crippen molar-refractivity contribution in [3.05, 3.63) is 41.6 Å². The lowest BCUT2D eigenvalue weighted by atomic mass is 10.2. The van der Waals surface area contributed by atoms with Gasteiger partial charge in [-0.15, -0.1) is 0 Å². The average molecular weight is 275 g/mol. The molecule has 1 aromatic heterocycles. The van der Waals surface area contributed by atoms with Gasteiger partial charge in [0.25, 0.3) is 0 Å². The Morgan fingerprint density at radius 1 is 1.05 bits per heavy atom. The maximum absolute atomic E-state index is 9.14. The highest BCUT2D eigenvalue weighted by Gasteiger charge is 2.13. The van der Waals surface area contributed by atoms with Gasteiger partial charge in [0.05, 0.1) is 20.8 Å². The molecule has 0 fully saturated rings.